The summed E-state index contributed by atoms with van der Waals surface area (Å²) in [5.74, 6) is 1.26. The first-order valence-corrected chi connectivity index (χ1v) is 10.8. The van der Waals surface area contributed by atoms with Crippen molar-refractivity contribution >= 4 is 11.6 Å². The number of halogens is 1. The van der Waals surface area contributed by atoms with Gasteiger partial charge in [-0.15, -0.1) is 0 Å². The van der Waals surface area contributed by atoms with Crippen molar-refractivity contribution in [1.82, 2.24) is 0 Å². The van der Waals surface area contributed by atoms with Crippen molar-refractivity contribution in [3.05, 3.63) is 58.1 Å². The van der Waals surface area contributed by atoms with Crippen molar-refractivity contribution in [2.45, 2.75) is 43.9 Å². The van der Waals surface area contributed by atoms with Gasteiger partial charge < -0.3 is 34.3 Å². The van der Waals surface area contributed by atoms with Crippen LogP contribution in [0.4, 0.5) is 0 Å². The van der Waals surface area contributed by atoms with E-state index in [-0.39, 0.29) is 13.2 Å². The molecule has 4 rings (SSSR count). The van der Waals surface area contributed by atoms with E-state index in [1.54, 1.807) is 6.07 Å². The summed E-state index contributed by atoms with van der Waals surface area (Å²) in [4.78, 5) is 0. The summed E-state index contributed by atoms with van der Waals surface area (Å²) >= 11 is 6.55. The van der Waals surface area contributed by atoms with Crippen LogP contribution in [0.15, 0.2) is 36.4 Å². The third-order valence-electron chi connectivity index (χ3n) is 5.59. The Labute approximate surface area is 186 Å². The van der Waals surface area contributed by atoms with E-state index >= 15 is 0 Å². The average molecular weight is 451 g/mol. The Morgan fingerprint density at radius 2 is 1.81 bits per heavy atom. The van der Waals surface area contributed by atoms with Crippen LogP contribution in [0, 0.1) is 0 Å². The molecule has 0 amide bonds. The summed E-state index contributed by atoms with van der Waals surface area (Å²) in [6.07, 6.45) is -5.04. The van der Waals surface area contributed by atoms with Gasteiger partial charge in [-0.1, -0.05) is 23.7 Å². The normalized spacial score (nSPS) is 28.4. The number of benzene rings is 2. The van der Waals surface area contributed by atoms with Crippen LogP contribution in [0.3, 0.4) is 0 Å². The molecule has 168 valence electrons. The number of aliphatic hydroxyl groups is 3. The van der Waals surface area contributed by atoms with E-state index in [1.807, 2.05) is 37.3 Å². The van der Waals surface area contributed by atoms with Crippen LogP contribution in [0.2, 0.25) is 5.02 Å². The lowest BCUT2D eigenvalue weighted by atomic mass is 9.89. The van der Waals surface area contributed by atoms with Gasteiger partial charge in [-0.25, -0.2) is 0 Å². The third-order valence-corrected chi connectivity index (χ3v) is 5.95. The van der Waals surface area contributed by atoms with Gasteiger partial charge in [0.05, 0.1) is 19.8 Å². The molecule has 31 heavy (non-hydrogen) atoms. The van der Waals surface area contributed by atoms with Crippen molar-refractivity contribution in [1.29, 1.82) is 0 Å². The number of hydrogen-bond acceptors (Lipinski definition) is 7. The number of fused-ring (bicyclic) bond motifs is 4. The fourth-order valence-corrected chi connectivity index (χ4v) is 4.17. The molecular weight excluding hydrogens is 424 g/mol. The molecule has 0 aromatic heterocycles. The van der Waals surface area contributed by atoms with Crippen molar-refractivity contribution in [3.63, 3.8) is 0 Å². The number of rotatable bonds is 4. The molecule has 0 unspecified atom stereocenters. The van der Waals surface area contributed by atoms with Crippen molar-refractivity contribution in [2.24, 2.45) is 0 Å². The molecule has 0 spiro atoms. The highest BCUT2D eigenvalue weighted by Crippen LogP contribution is 2.40. The monoisotopic (exact) mass is 450 g/mol. The van der Waals surface area contributed by atoms with Gasteiger partial charge in [0.15, 0.2) is 0 Å². The van der Waals surface area contributed by atoms with Crippen molar-refractivity contribution < 1.29 is 34.3 Å². The zero-order valence-electron chi connectivity index (χ0n) is 17.2. The second-order valence-electron chi connectivity index (χ2n) is 7.73. The fourth-order valence-electron chi connectivity index (χ4n) is 3.95. The molecule has 0 saturated carbocycles. The lowest BCUT2D eigenvalue weighted by molar-refractivity contribution is -0.236. The standard InChI is InChI=1S/C23H27ClO7/c1-2-29-15-5-3-13(4-6-15)9-14-10-16-18(11-17(14)24)30-8-7-28-12-19-20(25)21(26)22(27)23(16)31-19/h3-6,10-11,19-23,25-27H,2,7-9,12H2,1H3/t19-,20-,21+,22-,23+/m1/s1. The lowest BCUT2D eigenvalue weighted by Gasteiger charge is -2.41. The van der Waals surface area contributed by atoms with E-state index in [0.29, 0.717) is 36.0 Å². The Balaban J connectivity index is 1.67. The maximum absolute atomic E-state index is 10.6. The second kappa shape index (κ2) is 9.73. The molecule has 3 N–H and O–H groups in total. The van der Waals surface area contributed by atoms with Crippen LogP contribution in [0.5, 0.6) is 11.5 Å². The van der Waals surface area contributed by atoms with E-state index in [9.17, 15) is 15.3 Å². The van der Waals surface area contributed by atoms with Gasteiger partial charge in [-0.3, -0.25) is 0 Å². The van der Waals surface area contributed by atoms with Crippen LogP contribution in [-0.2, 0) is 15.9 Å². The van der Waals surface area contributed by atoms with Crippen LogP contribution >= 0.6 is 11.6 Å². The van der Waals surface area contributed by atoms with Crippen molar-refractivity contribution in [2.75, 3.05) is 26.4 Å². The molecule has 7 nitrogen and oxygen atoms in total. The molecular formula is C23H27ClO7. The van der Waals surface area contributed by atoms with Gasteiger partial charge in [0.2, 0.25) is 0 Å². The minimum Gasteiger partial charge on any atom is -0.494 e. The minimum atomic E-state index is -1.37. The van der Waals surface area contributed by atoms with Gasteiger partial charge in [0.25, 0.3) is 0 Å². The topological polar surface area (TPSA) is 97.6 Å². The summed E-state index contributed by atoms with van der Waals surface area (Å²) < 4.78 is 22.8. The van der Waals surface area contributed by atoms with Gasteiger partial charge in [-0.2, -0.15) is 0 Å². The third kappa shape index (κ3) is 4.82. The number of hydrogen-bond donors (Lipinski definition) is 3. The SMILES string of the molecule is CCOc1ccc(Cc2cc3c(cc2Cl)OCCOC[C@H]2O[C@@H]3[C@H](O)[C@@H](O)[C@@H]2O)cc1. The molecule has 0 aliphatic carbocycles. The minimum absolute atomic E-state index is 0.0900. The summed E-state index contributed by atoms with van der Waals surface area (Å²) in [7, 11) is 0. The summed E-state index contributed by atoms with van der Waals surface area (Å²) in [6, 6.07) is 11.3. The molecule has 2 aliphatic heterocycles. The Morgan fingerprint density at radius 3 is 2.55 bits per heavy atom. The molecule has 1 saturated heterocycles. The predicted octanol–water partition coefficient (Wildman–Crippen LogP) is 2.26. The molecule has 1 fully saturated rings. The highest BCUT2D eigenvalue weighted by Gasteiger charge is 2.45. The number of aliphatic hydroxyl groups excluding tert-OH is 3. The second-order valence-corrected chi connectivity index (χ2v) is 8.13. The van der Waals surface area contributed by atoms with Gasteiger partial charge in [-0.05, 0) is 48.7 Å². The zero-order valence-corrected chi connectivity index (χ0v) is 18.0. The molecule has 2 aliphatic rings. The van der Waals surface area contributed by atoms with E-state index in [2.05, 4.69) is 0 Å². The van der Waals surface area contributed by atoms with Crippen LogP contribution in [0.25, 0.3) is 0 Å². The van der Waals surface area contributed by atoms with E-state index in [4.69, 9.17) is 30.5 Å². The van der Waals surface area contributed by atoms with Gasteiger partial charge in [0, 0.05) is 10.6 Å². The van der Waals surface area contributed by atoms with Crippen LogP contribution < -0.4 is 9.47 Å². The summed E-state index contributed by atoms with van der Waals surface area (Å²) in [5, 5.41) is 31.8. The van der Waals surface area contributed by atoms with Crippen LogP contribution in [-0.4, -0.2) is 66.2 Å². The van der Waals surface area contributed by atoms with Crippen molar-refractivity contribution in [3.8, 4) is 11.5 Å². The Morgan fingerprint density at radius 1 is 1.03 bits per heavy atom. The van der Waals surface area contributed by atoms with Crippen LogP contribution in [0.1, 0.15) is 29.7 Å². The molecule has 2 bridgehead atoms. The largest absolute Gasteiger partial charge is 0.494 e. The number of ether oxygens (including phenoxy) is 4. The Bertz CT molecular complexity index is 888. The zero-order chi connectivity index (χ0) is 22.0. The van der Waals surface area contributed by atoms with E-state index in [0.717, 1.165) is 16.9 Å². The van der Waals surface area contributed by atoms with Gasteiger partial charge >= 0.3 is 0 Å². The fraction of sp³-hybridized carbons (Fsp3) is 0.478. The average Bonchev–Trinajstić information content (AvgIpc) is 2.77. The molecule has 0 radical (unpaired) electrons. The smallest absolute Gasteiger partial charge is 0.126 e. The van der Waals surface area contributed by atoms with E-state index in [1.165, 1.54) is 0 Å². The molecule has 2 aromatic rings. The summed E-state index contributed by atoms with van der Waals surface area (Å²) in [5.41, 5.74) is 2.45. The van der Waals surface area contributed by atoms with Gasteiger partial charge in [0.1, 0.15) is 48.6 Å². The Hall–Kier alpha value is -1.87. The predicted molar refractivity (Wildman–Crippen MR) is 114 cm³/mol. The molecule has 5 atom stereocenters. The molecule has 2 heterocycles. The molecule has 2 aromatic carbocycles. The highest BCUT2D eigenvalue weighted by molar-refractivity contribution is 6.31. The first-order valence-electron chi connectivity index (χ1n) is 10.4. The first kappa shape index (κ1) is 22.3. The first-order chi connectivity index (χ1) is 15.0. The van der Waals surface area contributed by atoms with E-state index < -0.39 is 30.5 Å². The summed E-state index contributed by atoms with van der Waals surface area (Å²) in [6.45, 7) is 3.21. The maximum Gasteiger partial charge on any atom is 0.126 e. The lowest BCUT2D eigenvalue weighted by Crippen LogP contribution is -2.55. The Kier molecular flexibility index (Phi) is 7.01. The maximum atomic E-state index is 10.6. The highest BCUT2D eigenvalue weighted by atomic mass is 35.5. The quantitative estimate of drug-likeness (QED) is 0.657. The molecule has 8 heteroatoms.